The zero-order chi connectivity index (χ0) is 14.4. The molecule has 20 heavy (non-hydrogen) atoms. The largest absolute Gasteiger partial charge is 0.490 e. The fourth-order valence-corrected chi connectivity index (χ4v) is 1.65. The monoisotopic (exact) mass is 268 g/mol. The fourth-order valence-electron chi connectivity index (χ4n) is 1.65. The summed E-state index contributed by atoms with van der Waals surface area (Å²) in [5, 5.41) is 3.97. The van der Waals surface area contributed by atoms with Crippen LogP contribution in [0.1, 0.15) is 15.9 Å². The molecule has 0 unspecified atom stereocenters. The van der Waals surface area contributed by atoms with Crippen LogP contribution in [-0.4, -0.2) is 22.2 Å². The lowest BCUT2D eigenvalue weighted by Crippen LogP contribution is -1.93. The van der Waals surface area contributed by atoms with E-state index in [4.69, 9.17) is 4.74 Å². The van der Waals surface area contributed by atoms with E-state index in [0.29, 0.717) is 12.2 Å². The molecule has 0 saturated carbocycles. The van der Waals surface area contributed by atoms with Crippen molar-refractivity contribution in [3.05, 3.63) is 66.5 Å². The molecule has 102 valence electrons. The van der Waals surface area contributed by atoms with Crippen molar-refractivity contribution in [3.8, 4) is 5.75 Å². The summed E-state index contributed by atoms with van der Waals surface area (Å²) in [6, 6.07) is 7.51. The highest BCUT2D eigenvalue weighted by Gasteiger charge is 2.03. The van der Waals surface area contributed by atoms with Gasteiger partial charge in [0.25, 0.3) is 0 Å². The Morgan fingerprint density at radius 3 is 2.75 bits per heavy atom. The summed E-state index contributed by atoms with van der Waals surface area (Å²) in [6.45, 7) is 4.07. The summed E-state index contributed by atoms with van der Waals surface area (Å²) < 4.78 is 6.99. The number of hydrogen-bond donors (Lipinski definition) is 0. The number of carbonyl (C=O) groups is 1. The maximum atomic E-state index is 11.9. The van der Waals surface area contributed by atoms with Gasteiger partial charge in [0.1, 0.15) is 12.4 Å². The average molecular weight is 268 g/mol. The van der Waals surface area contributed by atoms with Crippen molar-refractivity contribution in [2.24, 2.45) is 7.05 Å². The molecule has 4 nitrogen and oxygen atoms in total. The van der Waals surface area contributed by atoms with Crippen LogP contribution >= 0.6 is 0 Å². The number of hydrogen-bond acceptors (Lipinski definition) is 3. The van der Waals surface area contributed by atoms with Gasteiger partial charge in [0.15, 0.2) is 5.78 Å². The van der Waals surface area contributed by atoms with Gasteiger partial charge in [-0.25, -0.2) is 0 Å². The maximum absolute atomic E-state index is 11.9. The van der Waals surface area contributed by atoms with Crippen LogP contribution < -0.4 is 4.74 Å². The summed E-state index contributed by atoms with van der Waals surface area (Å²) >= 11 is 0. The molecule has 0 fully saturated rings. The molecule has 2 rings (SSSR count). The number of nitrogens with zero attached hydrogens (tertiary/aromatic N) is 2. The molecule has 1 aromatic heterocycles. The third-order valence-corrected chi connectivity index (χ3v) is 2.66. The van der Waals surface area contributed by atoms with Crippen LogP contribution in [0.2, 0.25) is 0 Å². The Bertz CT molecular complexity index is 624. The topological polar surface area (TPSA) is 44.1 Å². The summed E-state index contributed by atoms with van der Waals surface area (Å²) in [6.07, 6.45) is 8.25. The van der Waals surface area contributed by atoms with Gasteiger partial charge in [-0.15, -0.1) is 0 Å². The van der Waals surface area contributed by atoms with Gasteiger partial charge in [-0.3, -0.25) is 9.48 Å². The Labute approximate surface area is 118 Å². The highest BCUT2D eigenvalue weighted by molar-refractivity contribution is 6.06. The molecular weight excluding hydrogens is 252 g/mol. The molecule has 0 N–H and O–H groups in total. The van der Waals surface area contributed by atoms with Gasteiger partial charge in [-0.2, -0.15) is 5.10 Å². The van der Waals surface area contributed by atoms with E-state index in [2.05, 4.69) is 11.7 Å². The van der Waals surface area contributed by atoms with Crippen LogP contribution in [0.25, 0.3) is 6.08 Å². The molecule has 0 spiro atoms. The third-order valence-electron chi connectivity index (χ3n) is 2.66. The highest BCUT2D eigenvalue weighted by Crippen LogP contribution is 2.13. The number of carbonyl (C=O) groups excluding carboxylic acids is 1. The smallest absolute Gasteiger partial charge is 0.189 e. The van der Waals surface area contributed by atoms with Gasteiger partial charge in [-0.05, 0) is 23.8 Å². The second-order valence-electron chi connectivity index (χ2n) is 4.27. The van der Waals surface area contributed by atoms with Crippen molar-refractivity contribution >= 4 is 11.9 Å². The van der Waals surface area contributed by atoms with Gasteiger partial charge in [0, 0.05) is 13.2 Å². The van der Waals surface area contributed by atoms with E-state index in [1.165, 1.54) is 6.08 Å². The molecule has 0 radical (unpaired) electrons. The van der Waals surface area contributed by atoms with E-state index in [1.54, 1.807) is 36.3 Å². The van der Waals surface area contributed by atoms with E-state index in [1.807, 2.05) is 24.3 Å². The van der Waals surface area contributed by atoms with Crippen molar-refractivity contribution < 1.29 is 9.53 Å². The van der Waals surface area contributed by atoms with Crippen LogP contribution in [0.4, 0.5) is 0 Å². The van der Waals surface area contributed by atoms with Crippen LogP contribution in [0.15, 0.2) is 55.4 Å². The molecule has 0 aliphatic rings. The van der Waals surface area contributed by atoms with Crippen LogP contribution in [0.3, 0.4) is 0 Å². The molecule has 0 saturated heterocycles. The summed E-state index contributed by atoms with van der Waals surface area (Å²) in [4.78, 5) is 11.9. The van der Waals surface area contributed by atoms with E-state index < -0.39 is 0 Å². The van der Waals surface area contributed by atoms with E-state index in [0.717, 1.165) is 11.3 Å². The van der Waals surface area contributed by atoms with Crippen molar-refractivity contribution in [2.45, 2.75) is 0 Å². The van der Waals surface area contributed by atoms with Gasteiger partial charge in [0.05, 0.1) is 11.8 Å². The number of ketones is 1. The minimum atomic E-state index is -0.0647. The second kappa shape index (κ2) is 6.52. The molecule has 0 aliphatic carbocycles. The maximum Gasteiger partial charge on any atom is 0.189 e. The molecule has 4 heteroatoms. The quantitative estimate of drug-likeness (QED) is 0.459. The van der Waals surface area contributed by atoms with Gasteiger partial charge in [-0.1, -0.05) is 30.9 Å². The first-order valence-corrected chi connectivity index (χ1v) is 6.24. The summed E-state index contributed by atoms with van der Waals surface area (Å²) in [7, 11) is 1.78. The second-order valence-corrected chi connectivity index (χ2v) is 4.27. The SMILES string of the molecule is C=CCOc1ccc(C=CC(=O)c2cnn(C)c2)cc1. The van der Waals surface area contributed by atoms with Crippen LogP contribution in [0, 0.1) is 0 Å². The lowest BCUT2D eigenvalue weighted by molar-refractivity contribution is 0.104. The minimum absolute atomic E-state index is 0.0647. The lowest BCUT2D eigenvalue weighted by Gasteiger charge is -2.02. The third kappa shape index (κ3) is 3.68. The number of ether oxygens (including phenoxy) is 1. The number of benzene rings is 1. The zero-order valence-electron chi connectivity index (χ0n) is 11.3. The number of rotatable bonds is 6. The molecule has 0 atom stereocenters. The first-order valence-electron chi connectivity index (χ1n) is 6.24. The average Bonchev–Trinajstić information content (AvgIpc) is 2.90. The molecule has 0 bridgehead atoms. The number of allylic oxidation sites excluding steroid dienone is 1. The normalized spacial score (nSPS) is 10.7. The minimum Gasteiger partial charge on any atom is -0.490 e. The molecule has 2 aromatic rings. The molecular formula is C16H16N2O2. The summed E-state index contributed by atoms with van der Waals surface area (Å²) in [5.74, 6) is 0.714. The predicted octanol–water partition coefficient (Wildman–Crippen LogP) is 2.88. The van der Waals surface area contributed by atoms with E-state index >= 15 is 0 Å². The molecule has 0 amide bonds. The standard InChI is InChI=1S/C16H16N2O2/c1-3-10-20-15-7-4-13(5-8-15)6-9-16(19)14-11-17-18(2)12-14/h3-9,11-12H,1,10H2,2H3. The van der Waals surface area contributed by atoms with E-state index in [-0.39, 0.29) is 5.78 Å². The van der Waals surface area contributed by atoms with Crippen molar-refractivity contribution in [3.63, 3.8) is 0 Å². The fraction of sp³-hybridized carbons (Fsp3) is 0.125. The highest BCUT2D eigenvalue weighted by atomic mass is 16.5. The lowest BCUT2D eigenvalue weighted by atomic mass is 10.1. The van der Waals surface area contributed by atoms with Crippen molar-refractivity contribution in [2.75, 3.05) is 6.61 Å². The first kappa shape index (κ1) is 13.8. The Balaban J connectivity index is 2.00. The van der Waals surface area contributed by atoms with Crippen LogP contribution in [-0.2, 0) is 7.05 Å². The van der Waals surface area contributed by atoms with Gasteiger partial charge < -0.3 is 4.74 Å². The zero-order valence-corrected chi connectivity index (χ0v) is 11.3. The Hall–Kier alpha value is -2.62. The Morgan fingerprint density at radius 1 is 1.40 bits per heavy atom. The predicted molar refractivity (Wildman–Crippen MR) is 78.7 cm³/mol. The van der Waals surface area contributed by atoms with Gasteiger partial charge >= 0.3 is 0 Å². The van der Waals surface area contributed by atoms with E-state index in [9.17, 15) is 4.79 Å². The molecule has 1 heterocycles. The Kier molecular flexibility index (Phi) is 4.50. The van der Waals surface area contributed by atoms with Gasteiger partial charge in [0.2, 0.25) is 0 Å². The molecule has 1 aromatic carbocycles. The van der Waals surface area contributed by atoms with Crippen molar-refractivity contribution in [1.82, 2.24) is 9.78 Å². The summed E-state index contributed by atoms with van der Waals surface area (Å²) in [5.41, 5.74) is 1.52. The molecule has 0 aliphatic heterocycles. The number of aryl methyl sites for hydroxylation is 1. The van der Waals surface area contributed by atoms with Crippen molar-refractivity contribution in [1.29, 1.82) is 0 Å². The van der Waals surface area contributed by atoms with Crippen LogP contribution in [0.5, 0.6) is 5.75 Å². The number of aromatic nitrogens is 2. The first-order chi connectivity index (χ1) is 9.69. The Morgan fingerprint density at radius 2 is 2.15 bits per heavy atom.